The van der Waals surface area contributed by atoms with Gasteiger partial charge < -0.3 is 8.83 Å². The lowest BCUT2D eigenvalue weighted by molar-refractivity contribution is 0.596. The predicted octanol–water partition coefficient (Wildman–Crippen LogP) is 7.84. The maximum atomic E-state index is 6.33. The van der Waals surface area contributed by atoms with Crippen LogP contribution >= 0.6 is 0 Å². The molecular weight excluding hydrogens is 370 g/mol. The standard InChI is InChI=1S/C27H21NO2/c1-27(2,3)22-14-18(12-16-6-4-5-7-19(16)22)25-26-20(8-10-28-25)21-13-17-9-11-29-23(17)15-24(21)30-26/h4-15H,1-3H3. The second-order valence-corrected chi connectivity index (χ2v) is 8.94. The molecular formula is C27H21NO2. The van der Waals surface area contributed by atoms with E-state index in [1.54, 1.807) is 6.26 Å². The minimum absolute atomic E-state index is 0.0157. The minimum atomic E-state index is 0.0157. The molecule has 0 aliphatic heterocycles. The lowest BCUT2D eigenvalue weighted by Crippen LogP contribution is -2.12. The maximum Gasteiger partial charge on any atom is 0.161 e. The molecule has 0 amide bonds. The summed E-state index contributed by atoms with van der Waals surface area (Å²) in [6.07, 6.45) is 3.58. The van der Waals surface area contributed by atoms with Gasteiger partial charge in [-0.1, -0.05) is 45.0 Å². The molecule has 0 radical (unpaired) electrons. The molecule has 0 aliphatic carbocycles. The lowest BCUT2D eigenvalue weighted by Gasteiger charge is -2.22. The Kier molecular flexibility index (Phi) is 3.43. The summed E-state index contributed by atoms with van der Waals surface area (Å²) in [7, 11) is 0. The fraction of sp³-hybridized carbons (Fsp3) is 0.148. The molecule has 0 aliphatic rings. The second kappa shape index (κ2) is 5.96. The number of aromatic nitrogens is 1. The van der Waals surface area contributed by atoms with Gasteiger partial charge in [-0.25, -0.2) is 0 Å². The molecule has 30 heavy (non-hydrogen) atoms. The van der Waals surface area contributed by atoms with E-state index in [1.807, 2.05) is 24.4 Å². The average molecular weight is 391 g/mol. The first kappa shape index (κ1) is 17.3. The van der Waals surface area contributed by atoms with Crippen molar-refractivity contribution in [3.63, 3.8) is 0 Å². The number of pyridine rings is 1. The molecule has 3 aromatic heterocycles. The van der Waals surface area contributed by atoms with E-state index in [9.17, 15) is 0 Å². The third-order valence-electron chi connectivity index (χ3n) is 5.90. The van der Waals surface area contributed by atoms with Crippen LogP contribution in [0.25, 0.3) is 54.9 Å². The Morgan fingerprint density at radius 1 is 0.767 bits per heavy atom. The van der Waals surface area contributed by atoms with Crippen LogP contribution < -0.4 is 0 Å². The highest BCUT2D eigenvalue weighted by molar-refractivity contribution is 6.12. The molecule has 0 N–H and O–H groups in total. The summed E-state index contributed by atoms with van der Waals surface area (Å²) in [4.78, 5) is 4.74. The molecule has 0 saturated carbocycles. The van der Waals surface area contributed by atoms with Crippen LogP contribution in [0.2, 0.25) is 0 Å². The second-order valence-electron chi connectivity index (χ2n) is 8.94. The zero-order valence-electron chi connectivity index (χ0n) is 17.2. The van der Waals surface area contributed by atoms with Gasteiger partial charge >= 0.3 is 0 Å². The SMILES string of the molecule is CC(C)(C)c1cc(-c2nccc3c2oc2cc4occc4cc23)cc2ccccc12. The summed E-state index contributed by atoms with van der Waals surface area (Å²) in [6.45, 7) is 6.76. The predicted molar refractivity (Wildman–Crippen MR) is 123 cm³/mol. The van der Waals surface area contributed by atoms with Crippen LogP contribution in [0.1, 0.15) is 26.3 Å². The Labute approximate surface area is 173 Å². The topological polar surface area (TPSA) is 39.2 Å². The van der Waals surface area contributed by atoms with Crippen LogP contribution in [-0.4, -0.2) is 4.98 Å². The van der Waals surface area contributed by atoms with Crippen molar-refractivity contribution in [1.29, 1.82) is 0 Å². The van der Waals surface area contributed by atoms with E-state index >= 15 is 0 Å². The summed E-state index contributed by atoms with van der Waals surface area (Å²) < 4.78 is 11.9. The van der Waals surface area contributed by atoms with Gasteiger partial charge in [-0.05, 0) is 52.1 Å². The molecule has 3 aromatic carbocycles. The number of furan rings is 2. The van der Waals surface area contributed by atoms with Crippen LogP contribution in [0, 0.1) is 0 Å². The van der Waals surface area contributed by atoms with Crippen molar-refractivity contribution in [2.24, 2.45) is 0 Å². The molecule has 3 heteroatoms. The molecule has 6 aromatic rings. The molecule has 0 unspecified atom stereocenters. The van der Waals surface area contributed by atoms with Crippen molar-refractivity contribution < 1.29 is 8.83 Å². The molecule has 0 spiro atoms. The highest BCUT2D eigenvalue weighted by Crippen LogP contribution is 2.39. The van der Waals surface area contributed by atoms with Crippen molar-refractivity contribution >= 4 is 43.7 Å². The van der Waals surface area contributed by atoms with Gasteiger partial charge in [0.15, 0.2) is 5.58 Å². The Hall–Kier alpha value is -3.59. The van der Waals surface area contributed by atoms with Gasteiger partial charge in [0.1, 0.15) is 16.9 Å². The zero-order valence-corrected chi connectivity index (χ0v) is 17.2. The fourth-order valence-electron chi connectivity index (χ4n) is 4.43. The monoisotopic (exact) mass is 391 g/mol. The van der Waals surface area contributed by atoms with Gasteiger partial charge in [0, 0.05) is 34.0 Å². The third-order valence-corrected chi connectivity index (χ3v) is 5.90. The number of nitrogens with zero attached hydrogens (tertiary/aromatic N) is 1. The fourth-order valence-corrected chi connectivity index (χ4v) is 4.43. The van der Waals surface area contributed by atoms with Crippen LogP contribution in [0.15, 0.2) is 82.0 Å². The molecule has 3 nitrogen and oxygen atoms in total. The zero-order chi connectivity index (χ0) is 20.5. The summed E-state index contributed by atoms with van der Waals surface area (Å²) in [5.41, 5.74) is 5.74. The normalized spacial score (nSPS) is 12.5. The molecule has 0 bridgehead atoms. The number of rotatable bonds is 1. The van der Waals surface area contributed by atoms with Gasteiger partial charge in [0.25, 0.3) is 0 Å². The van der Waals surface area contributed by atoms with Gasteiger partial charge in [-0.2, -0.15) is 0 Å². The Morgan fingerprint density at radius 2 is 1.63 bits per heavy atom. The smallest absolute Gasteiger partial charge is 0.161 e. The summed E-state index contributed by atoms with van der Waals surface area (Å²) >= 11 is 0. The maximum absolute atomic E-state index is 6.33. The number of hydrogen-bond acceptors (Lipinski definition) is 3. The molecule has 0 saturated heterocycles. The van der Waals surface area contributed by atoms with Crippen molar-refractivity contribution in [2.45, 2.75) is 26.2 Å². The van der Waals surface area contributed by atoms with E-state index in [4.69, 9.17) is 13.8 Å². The van der Waals surface area contributed by atoms with E-state index in [0.717, 1.165) is 44.2 Å². The van der Waals surface area contributed by atoms with Crippen molar-refractivity contribution in [1.82, 2.24) is 4.98 Å². The van der Waals surface area contributed by atoms with Gasteiger partial charge in [-0.3, -0.25) is 4.98 Å². The van der Waals surface area contributed by atoms with E-state index in [-0.39, 0.29) is 5.41 Å². The number of benzene rings is 3. The Balaban J connectivity index is 1.68. The molecule has 0 fully saturated rings. The van der Waals surface area contributed by atoms with Crippen LogP contribution in [-0.2, 0) is 5.41 Å². The van der Waals surface area contributed by atoms with Crippen LogP contribution in [0.5, 0.6) is 0 Å². The average Bonchev–Trinajstić information content (AvgIpc) is 3.33. The first-order valence-electron chi connectivity index (χ1n) is 10.2. The molecule has 6 rings (SSSR count). The van der Waals surface area contributed by atoms with Gasteiger partial charge in [0.05, 0.1) is 6.26 Å². The molecule has 3 heterocycles. The first-order chi connectivity index (χ1) is 14.5. The summed E-state index contributed by atoms with van der Waals surface area (Å²) in [5.74, 6) is 0. The quantitative estimate of drug-likeness (QED) is 0.286. The van der Waals surface area contributed by atoms with Crippen molar-refractivity contribution in [3.05, 3.63) is 78.7 Å². The van der Waals surface area contributed by atoms with Gasteiger partial charge in [0.2, 0.25) is 0 Å². The van der Waals surface area contributed by atoms with E-state index < -0.39 is 0 Å². The number of fused-ring (bicyclic) bond motifs is 5. The largest absolute Gasteiger partial charge is 0.464 e. The third kappa shape index (κ3) is 2.48. The summed E-state index contributed by atoms with van der Waals surface area (Å²) in [5, 5.41) is 5.73. The lowest BCUT2D eigenvalue weighted by atomic mass is 9.82. The number of hydrogen-bond donors (Lipinski definition) is 0. The van der Waals surface area contributed by atoms with Gasteiger partial charge in [-0.15, -0.1) is 0 Å². The Bertz CT molecular complexity index is 1580. The summed E-state index contributed by atoms with van der Waals surface area (Å²) in [6, 6.07) is 21.1. The Morgan fingerprint density at radius 3 is 2.50 bits per heavy atom. The highest BCUT2D eigenvalue weighted by atomic mass is 16.3. The van der Waals surface area contributed by atoms with Crippen molar-refractivity contribution in [3.8, 4) is 11.3 Å². The minimum Gasteiger partial charge on any atom is -0.464 e. The first-order valence-corrected chi connectivity index (χ1v) is 10.2. The molecule has 146 valence electrons. The van der Waals surface area contributed by atoms with Crippen LogP contribution in [0.4, 0.5) is 0 Å². The van der Waals surface area contributed by atoms with Crippen LogP contribution in [0.3, 0.4) is 0 Å². The van der Waals surface area contributed by atoms with E-state index in [1.165, 1.54) is 16.3 Å². The van der Waals surface area contributed by atoms with Crippen molar-refractivity contribution in [2.75, 3.05) is 0 Å². The van der Waals surface area contributed by atoms with E-state index in [2.05, 4.69) is 63.2 Å². The molecule has 0 atom stereocenters. The van der Waals surface area contributed by atoms with E-state index in [0.29, 0.717) is 0 Å². The highest BCUT2D eigenvalue weighted by Gasteiger charge is 2.20.